The summed E-state index contributed by atoms with van der Waals surface area (Å²) in [6, 6.07) is 5.40. The van der Waals surface area contributed by atoms with Crippen molar-refractivity contribution in [1.29, 1.82) is 0 Å². The summed E-state index contributed by atoms with van der Waals surface area (Å²) in [6.07, 6.45) is 1.57. The van der Waals surface area contributed by atoms with E-state index in [0.717, 1.165) is 12.2 Å². The molecule has 4 nitrogen and oxygen atoms in total. The van der Waals surface area contributed by atoms with Gasteiger partial charge in [0.25, 0.3) is 0 Å². The van der Waals surface area contributed by atoms with Gasteiger partial charge in [0, 0.05) is 11.4 Å². The van der Waals surface area contributed by atoms with Gasteiger partial charge in [-0.05, 0) is 56.8 Å². The smallest absolute Gasteiger partial charge is 0.200 e. The van der Waals surface area contributed by atoms with Crippen molar-refractivity contribution in [2.75, 3.05) is 5.32 Å². The first-order valence-electron chi connectivity index (χ1n) is 6.69. The first-order valence-corrected chi connectivity index (χ1v) is 9.05. The van der Waals surface area contributed by atoms with Crippen LogP contribution in [0.4, 0.5) is 5.69 Å². The van der Waals surface area contributed by atoms with E-state index < -0.39 is 14.6 Å². The molecule has 0 radical (unpaired) electrons. The average Bonchev–Trinajstić information content (AvgIpc) is 2.81. The van der Waals surface area contributed by atoms with E-state index >= 15 is 0 Å². The van der Waals surface area contributed by atoms with E-state index in [2.05, 4.69) is 28.7 Å². The number of rotatable bonds is 4. The van der Waals surface area contributed by atoms with E-state index in [0.29, 0.717) is 0 Å². The zero-order valence-electron chi connectivity index (χ0n) is 12.7. The molecule has 0 bridgehead atoms. The van der Waals surface area contributed by atoms with Crippen LogP contribution in [0.2, 0.25) is 0 Å². The average molecular weight is 324 g/mol. The van der Waals surface area contributed by atoms with Crippen molar-refractivity contribution in [3.63, 3.8) is 0 Å². The van der Waals surface area contributed by atoms with Crippen LogP contribution >= 0.6 is 11.3 Å². The van der Waals surface area contributed by atoms with E-state index in [-0.39, 0.29) is 5.03 Å². The predicted molar refractivity (Wildman–Crippen MR) is 87.6 cm³/mol. The lowest BCUT2D eigenvalue weighted by Gasteiger charge is -2.18. The normalized spacial score (nSPS) is 12.4. The summed E-state index contributed by atoms with van der Waals surface area (Å²) in [7, 11) is -3.39. The SMILES string of the molecule is Cc1ccsc1CNc1ccc(S(=O)(=O)C(C)(C)C)nc1. The highest BCUT2D eigenvalue weighted by molar-refractivity contribution is 7.92. The van der Waals surface area contributed by atoms with Crippen molar-refractivity contribution in [3.05, 3.63) is 40.2 Å². The van der Waals surface area contributed by atoms with Gasteiger partial charge in [-0.15, -0.1) is 11.3 Å². The van der Waals surface area contributed by atoms with E-state index in [9.17, 15) is 8.42 Å². The number of aryl methyl sites for hydroxylation is 1. The molecule has 0 aliphatic rings. The van der Waals surface area contributed by atoms with Gasteiger partial charge in [0.2, 0.25) is 0 Å². The summed E-state index contributed by atoms with van der Waals surface area (Å²) >= 11 is 1.70. The zero-order valence-corrected chi connectivity index (χ0v) is 14.3. The van der Waals surface area contributed by atoms with Crippen molar-refractivity contribution in [3.8, 4) is 0 Å². The summed E-state index contributed by atoms with van der Waals surface area (Å²) in [5.41, 5.74) is 2.07. The summed E-state index contributed by atoms with van der Waals surface area (Å²) in [5.74, 6) is 0. The van der Waals surface area contributed by atoms with E-state index in [1.54, 1.807) is 50.4 Å². The van der Waals surface area contributed by atoms with Crippen LogP contribution in [0.1, 0.15) is 31.2 Å². The summed E-state index contributed by atoms with van der Waals surface area (Å²) in [4.78, 5) is 5.36. The Morgan fingerprint density at radius 3 is 2.43 bits per heavy atom. The Labute approximate surface area is 130 Å². The van der Waals surface area contributed by atoms with Gasteiger partial charge >= 0.3 is 0 Å². The molecular formula is C15H20N2O2S2. The third-order valence-corrected chi connectivity index (χ3v) is 6.67. The molecule has 2 aromatic heterocycles. The first kappa shape index (κ1) is 16.0. The summed E-state index contributed by atoms with van der Waals surface area (Å²) in [6.45, 7) is 7.82. The standard InChI is InChI=1S/C15H20N2O2S2/c1-11-7-8-20-13(11)10-16-12-5-6-14(17-9-12)21(18,19)15(2,3)4/h5-9,16H,10H2,1-4H3. The zero-order chi connectivity index (χ0) is 15.7. The molecule has 21 heavy (non-hydrogen) atoms. The van der Waals surface area contributed by atoms with E-state index in [4.69, 9.17) is 0 Å². The summed E-state index contributed by atoms with van der Waals surface area (Å²) in [5, 5.41) is 5.44. The quantitative estimate of drug-likeness (QED) is 0.933. The van der Waals surface area contributed by atoms with Crippen LogP contribution in [0, 0.1) is 6.92 Å². The van der Waals surface area contributed by atoms with Crippen LogP contribution in [-0.2, 0) is 16.4 Å². The maximum Gasteiger partial charge on any atom is 0.200 e. The number of anilines is 1. The van der Waals surface area contributed by atoms with Crippen LogP contribution in [0.5, 0.6) is 0 Å². The van der Waals surface area contributed by atoms with Gasteiger partial charge in [-0.1, -0.05) is 0 Å². The largest absolute Gasteiger partial charge is 0.379 e. The number of nitrogens with zero attached hydrogens (tertiary/aromatic N) is 1. The van der Waals surface area contributed by atoms with Crippen LogP contribution in [-0.4, -0.2) is 18.1 Å². The Balaban J connectivity index is 2.11. The van der Waals surface area contributed by atoms with Gasteiger partial charge in [0.1, 0.15) is 0 Å². The molecule has 0 aromatic carbocycles. The Hall–Kier alpha value is -1.40. The second-order valence-electron chi connectivity index (χ2n) is 5.88. The topological polar surface area (TPSA) is 59.1 Å². The molecule has 0 fully saturated rings. The highest BCUT2D eigenvalue weighted by Crippen LogP contribution is 2.24. The lowest BCUT2D eigenvalue weighted by molar-refractivity contribution is 0.556. The molecule has 0 saturated heterocycles. The fourth-order valence-electron chi connectivity index (χ4n) is 1.73. The van der Waals surface area contributed by atoms with Gasteiger partial charge in [-0.3, -0.25) is 0 Å². The molecule has 0 unspecified atom stereocenters. The number of aromatic nitrogens is 1. The molecular weight excluding hydrogens is 304 g/mol. The number of thiophene rings is 1. The number of hydrogen-bond donors (Lipinski definition) is 1. The molecule has 0 aliphatic heterocycles. The van der Waals surface area contributed by atoms with Crippen molar-refractivity contribution >= 4 is 26.9 Å². The van der Waals surface area contributed by atoms with Crippen molar-refractivity contribution in [2.45, 2.75) is 44.0 Å². The van der Waals surface area contributed by atoms with Gasteiger partial charge in [0.15, 0.2) is 14.9 Å². The van der Waals surface area contributed by atoms with E-state index in [1.807, 2.05) is 0 Å². The Bertz CT molecular complexity index is 711. The van der Waals surface area contributed by atoms with E-state index in [1.165, 1.54) is 10.4 Å². The maximum absolute atomic E-state index is 12.3. The second-order valence-corrected chi connectivity index (χ2v) is 9.53. The number of hydrogen-bond acceptors (Lipinski definition) is 5. The highest BCUT2D eigenvalue weighted by atomic mass is 32.2. The fourth-order valence-corrected chi connectivity index (χ4v) is 3.64. The molecule has 1 N–H and O–H groups in total. The van der Waals surface area contributed by atoms with Crippen LogP contribution < -0.4 is 5.32 Å². The fraction of sp³-hybridized carbons (Fsp3) is 0.400. The third kappa shape index (κ3) is 3.44. The van der Waals surface area contributed by atoms with Gasteiger partial charge in [-0.2, -0.15) is 0 Å². The van der Waals surface area contributed by atoms with Crippen molar-refractivity contribution < 1.29 is 8.42 Å². The Morgan fingerprint density at radius 1 is 1.24 bits per heavy atom. The van der Waals surface area contributed by atoms with Crippen molar-refractivity contribution in [1.82, 2.24) is 4.98 Å². The minimum Gasteiger partial charge on any atom is -0.379 e. The number of nitrogens with one attached hydrogen (secondary N) is 1. The molecule has 2 aromatic rings. The molecule has 0 atom stereocenters. The van der Waals surface area contributed by atoms with Crippen LogP contribution in [0.25, 0.3) is 0 Å². The summed E-state index contributed by atoms with van der Waals surface area (Å²) < 4.78 is 23.7. The van der Waals surface area contributed by atoms with Crippen molar-refractivity contribution in [2.24, 2.45) is 0 Å². The minimum absolute atomic E-state index is 0.118. The predicted octanol–water partition coefficient (Wildman–Crippen LogP) is 3.64. The highest BCUT2D eigenvalue weighted by Gasteiger charge is 2.31. The minimum atomic E-state index is -3.39. The Kier molecular flexibility index (Phi) is 4.39. The Morgan fingerprint density at radius 2 is 1.95 bits per heavy atom. The maximum atomic E-state index is 12.3. The molecule has 6 heteroatoms. The molecule has 0 aliphatic carbocycles. The van der Waals surface area contributed by atoms with Gasteiger partial charge in [0.05, 0.1) is 16.6 Å². The molecule has 0 saturated carbocycles. The first-order chi connectivity index (χ1) is 9.72. The molecule has 2 heterocycles. The third-order valence-electron chi connectivity index (χ3n) is 3.24. The van der Waals surface area contributed by atoms with Crippen LogP contribution in [0.15, 0.2) is 34.8 Å². The van der Waals surface area contributed by atoms with Gasteiger partial charge < -0.3 is 5.32 Å². The molecule has 114 valence electrons. The number of sulfone groups is 1. The monoisotopic (exact) mass is 324 g/mol. The molecule has 0 amide bonds. The van der Waals surface area contributed by atoms with Gasteiger partial charge in [-0.25, -0.2) is 13.4 Å². The molecule has 0 spiro atoms. The lowest BCUT2D eigenvalue weighted by atomic mass is 10.3. The second kappa shape index (κ2) is 5.77. The lowest BCUT2D eigenvalue weighted by Crippen LogP contribution is -2.28. The molecule has 2 rings (SSSR count). The van der Waals surface area contributed by atoms with Crippen LogP contribution in [0.3, 0.4) is 0 Å². The number of pyridine rings is 1.